The van der Waals surface area contributed by atoms with Crippen molar-refractivity contribution in [1.82, 2.24) is 0 Å². The normalized spacial score (nSPS) is 11.2. The minimum absolute atomic E-state index is 0.0525. The molecular weight excluding hydrogens is 250 g/mol. The first-order valence-electron chi connectivity index (χ1n) is 5.22. The molecule has 2 rings (SSSR count). The van der Waals surface area contributed by atoms with E-state index in [1.807, 2.05) is 0 Å². The van der Waals surface area contributed by atoms with Crippen molar-refractivity contribution in [1.29, 1.82) is 0 Å². The molecule has 0 aliphatic heterocycles. The van der Waals surface area contributed by atoms with Gasteiger partial charge in [-0.05, 0) is 30.7 Å². The van der Waals surface area contributed by atoms with E-state index in [9.17, 15) is 13.5 Å². The highest BCUT2D eigenvalue weighted by Gasteiger charge is 2.13. The highest BCUT2D eigenvalue weighted by Crippen LogP contribution is 2.23. The Kier molecular flexibility index (Phi) is 3.25. The molecule has 0 atom stereocenters. The molecule has 0 aliphatic carbocycles. The molecule has 0 saturated carbocycles. The van der Waals surface area contributed by atoms with Crippen molar-refractivity contribution < 1.29 is 13.5 Å². The third-order valence-electron chi connectivity index (χ3n) is 2.39. The zero-order chi connectivity index (χ0) is 13.2. The Morgan fingerprint density at radius 3 is 2.33 bits per heavy atom. The minimum Gasteiger partial charge on any atom is -0.508 e. The van der Waals surface area contributed by atoms with Gasteiger partial charge in [-0.15, -0.1) is 0 Å². The smallest absolute Gasteiger partial charge is 0.261 e. The quantitative estimate of drug-likeness (QED) is 0.892. The highest BCUT2D eigenvalue weighted by molar-refractivity contribution is 7.92. The number of hydrogen-bond acceptors (Lipinski definition) is 3. The first-order chi connectivity index (χ1) is 8.49. The summed E-state index contributed by atoms with van der Waals surface area (Å²) in [4.78, 5) is 0.170. The first kappa shape index (κ1) is 12.4. The van der Waals surface area contributed by atoms with Crippen molar-refractivity contribution in [2.45, 2.75) is 4.90 Å². The Balaban J connectivity index is 2.31. The van der Waals surface area contributed by atoms with Crippen LogP contribution in [0.15, 0.2) is 53.4 Å². The average molecular weight is 262 g/mol. The standard InChI is InChI=1S/C13H12NO3S/c1-10-7-8-11(9-13(10)15)14-18(16,17)12-5-3-2-4-6-12/h2-9,14-15H,1H2. The Morgan fingerprint density at radius 2 is 1.72 bits per heavy atom. The molecule has 18 heavy (non-hydrogen) atoms. The predicted octanol–water partition coefficient (Wildman–Crippen LogP) is 2.38. The van der Waals surface area contributed by atoms with Crippen molar-refractivity contribution >= 4 is 15.7 Å². The molecule has 5 heteroatoms. The molecule has 2 aromatic rings. The van der Waals surface area contributed by atoms with E-state index < -0.39 is 10.0 Å². The van der Waals surface area contributed by atoms with Gasteiger partial charge in [-0.2, -0.15) is 0 Å². The third kappa shape index (κ3) is 2.62. The van der Waals surface area contributed by atoms with Crippen LogP contribution in [0.4, 0.5) is 5.69 Å². The van der Waals surface area contributed by atoms with Crippen LogP contribution in [0.25, 0.3) is 0 Å². The first-order valence-corrected chi connectivity index (χ1v) is 6.70. The van der Waals surface area contributed by atoms with Crippen molar-refractivity contribution in [2.75, 3.05) is 4.72 Å². The van der Waals surface area contributed by atoms with E-state index in [2.05, 4.69) is 11.6 Å². The third-order valence-corrected chi connectivity index (χ3v) is 3.79. The van der Waals surface area contributed by atoms with Gasteiger partial charge < -0.3 is 5.11 Å². The van der Waals surface area contributed by atoms with E-state index in [1.54, 1.807) is 24.3 Å². The molecule has 0 bridgehead atoms. The lowest BCUT2D eigenvalue weighted by Crippen LogP contribution is -2.12. The van der Waals surface area contributed by atoms with Crippen LogP contribution in [-0.4, -0.2) is 13.5 Å². The molecule has 93 valence electrons. The van der Waals surface area contributed by atoms with Gasteiger partial charge in [0.05, 0.1) is 10.6 Å². The highest BCUT2D eigenvalue weighted by atomic mass is 32.2. The van der Waals surface area contributed by atoms with Crippen LogP contribution < -0.4 is 4.72 Å². The topological polar surface area (TPSA) is 66.4 Å². The van der Waals surface area contributed by atoms with Crippen molar-refractivity contribution in [2.24, 2.45) is 0 Å². The Bertz CT molecular complexity index is 651. The SMILES string of the molecule is [CH2]c1ccc(NS(=O)(=O)c2ccccc2)cc1O. The van der Waals surface area contributed by atoms with E-state index in [0.29, 0.717) is 11.3 Å². The summed E-state index contributed by atoms with van der Waals surface area (Å²) < 4.78 is 26.4. The van der Waals surface area contributed by atoms with Gasteiger partial charge in [-0.1, -0.05) is 24.3 Å². The molecule has 2 N–H and O–H groups in total. The molecular formula is C13H12NO3S. The van der Waals surface area contributed by atoms with Crippen LogP contribution in [0, 0.1) is 6.92 Å². The molecule has 0 aliphatic rings. The summed E-state index contributed by atoms with van der Waals surface area (Å²) in [5.41, 5.74) is 0.737. The lowest BCUT2D eigenvalue weighted by molar-refractivity contribution is 0.473. The molecule has 0 fully saturated rings. The van der Waals surface area contributed by atoms with Crippen LogP contribution in [0.1, 0.15) is 5.56 Å². The fraction of sp³-hybridized carbons (Fsp3) is 0. The molecule has 0 spiro atoms. The maximum atomic E-state index is 12.0. The van der Waals surface area contributed by atoms with Gasteiger partial charge in [0.1, 0.15) is 5.75 Å². The molecule has 0 amide bonds. The number of benzene rings is 2. The molecule has 0 unspecified atom stereocenters. The van der Waals surface area contributed by atoms with Gasteiger partial charge >= 0.3 is 0 Å². The number of anilines is 1. The molecule has 0 saturated heterocycles. The van der Waals surface area contributed by atoms with Crippen LogP contribution in [-0.2, 0) is 10.0 Å². The Morgan fingerprint density at radius 1 is 1.06 bits per heavy atom. The summed E-state index contributed by atoms with van der Waals surface area (Å²) >= 11 is 0. The van der Waals surface area contributed by atoms with Gasteiger partial charge in [0.15, 0.2) is 0 Å². The Hall–Kier alpha value is -2.01. The number of rotatable bonds is 3. The van der Waals surface area contributed by atoms with Gasteiger partial charge in [0.2, 0.25) is 0 Å². The van der Waals surface area contributed by atoms with E-state index in [-0.39, 0.29) is 10.6 Å². The molecule has 2 aromatic carbocycles. The van der Waals surface area contributed by atoms with E-state index in [0.717, 1.165) is 0 Å². The largest absolute Gasteiger partial charge is 0.508 e. The van der Waals surface area contributed by atoms with E-state index >= 15 is 0 Å². The number of phenols is 1. The number of nitrogens with one attached hydrogen (secondary N) is 1. The van der Waals surface area contributed by atoms with Crippen molar-refractivity contribution in [3.8, 4) is 5.75 Å². The van der Waals surface area contributed by atoms with E-state index in [4.69, 9.17) is 0 Å². The van der Waals surface area contributed by atoms with Gasteiger partial charge in [0, 0.05) is 6.07 Å². The second kappa shape index (κ2) is 4.70. The summed E-state index contributed by atoms with van der Waals surface area (Å²) in [6.45, 7) is 3.59. The molecule has 0 heterocycles. The predicted molar refractivity (Wildman–Crippen MR) is 69.8 cm³/mol. The number of hydrogen-bond donors (Lipinski definition) is 2. The average Bonchev–Trinajstić information content (AvgIpc) is 2.35. The van der Waals surface area contributed by atoms with Gasteiger partial charge in [-0.3, -0.25) is 4.72 Å². The van der Waals surface area contributed by atoms with Crippen molar-refractivity contribution in [3.63, 3.8) is 0 Å². The maximum absolute atomic E-state index is 12.0. The zero-order valence-corrected chi connectivity index (χ0v) is 10.3. The van der Waals surface area contributed by atoms with Gasteiger partial charge in [0.25, 0.3) is 10.0 Å². The number of sulfonamides is 1. The maximum Gasteiger partial charge on any atom is 0.261 e. The Labute approximate surface area is 106 Å². The lowest BCUT2D eigenvalue weighted by atomic mass is 10.2. The molecule has 0 aromatic heterocycles. The van der Waals surface area contributed by atoms with Crippen LogP contribution >= 0.6 is 0 Å². The zero-order valence-electron chi connectivity index (χ0n) is 9.50. The monoisotopic (exact) mass is 262 g/mol. The fourth-order valence-corrected chi connectivity index (χ4v) is 2.51. The summed E-state index contributed by atoms with van der Waals surface area (Å²) in [7, 11) is -3.62. The second-order valence-corrected chi connectivity index (χ2v) is 5.44. The van der Waals surface area contributed by atoms with E-state index in [1.165, 1.54) is 24.3 Å². The molecule has 4 nitrogen and oxygen atoms in total. The summed E-state index contributed by atoms with van der Waals surface area (Å²) in [6.07, 6.45) is 0. The second-order valence-electron chi connectivity index (χ2n) is 3.76. The van der Waals surface area contributed by atoms with Crippen LogP contribution in [0.5, 0.6) is 5.75 Å². The van der Waals surface area contributed by atoms with Crippen LogP contribution in [0.2, 0.25) is 0 Å². The van der Waals surface area contributed by atoms with Gasteiger partial charge in [-0.25, -0.2) is 8.42 Å². The molecule has 1 radical (unpaired) electrons. The summed E-state index contributed by atoms with van der Waals surface area (Å²) in [5, 5.41) is 9.47. The number of phenolic OH excluding ortho intramolecular Hbond substituents is 1. The summed E-state index contributed by atoms with van der Waals surface area (Å²) in [6, 6.07) is 12.4. The minimum atomic E-state index is -3.62. The summed E-state index contributed by atoms with van der Waals surface area (Å²) in [5.74, 6) is -0.0525. The lowest BCUT2D eigenvalue weighted by Gasteiger charge is -2.09. The van der Waals surface area contributed by atoms with Crippen molar-refractivity contribution in [3.05, 3.63) is 61.0 Å². The fourth-order valence-electron chi connectivity index (χ4n) is 1.44. The number of aromatic hydroxyl groups is 1. The van der Waals surface area contributed by atoms with Crippen LogP contribution in [0.3, 0.4) is 0 Å².